The molecule has 0 atom stereocenters. The van der Waals surface area contributed by atoms with E-state index in [1.54, 1.807) is 0 Å². The largest absolute Gasteiger partial charge is 0.478 e. The fourth-order valence-corrected chi connectivity index (χ4v) is 1.46. The minimum absolute atomic E-state index is 0.253. The van der Waals surface area contributed by atoms with Crippen LogP contribution in [0.2, 0.25) is 0 Å². The van der Waals surface area contributed by atoms with E-state index in [-0.39, 0.29) is 6.42 Å². The smallest absolute Gasteiger partial charge is 0.360 e. The number of hydrogen-bond donors (Lipinski definition) is 2. The molecule has 0 saturated carbocycles. The molecule has 0 aromatic rings. The first kappa shape index (κ1) is 16.1. The molecule has 0 aliphatic heterocycles. The zero-order valence-corrected chi connectivity index (χ0v) is 10.3. The number of aliphatic carboxylic acids is 2. The Balaban J connectivity index is 4.87. The van der Waals surface area contributed by atoms with Crippen molar-refractivity contribution in [2.45, 2.75) is 44.6 Å². The highest BCUT2D eigenvalue weighted by Gasteiger charge is 2.50. The lowest BCUT2D eigenvalue weighted by atomic mass is 9.95. The molecule has 0 rings (SSSR count). The van der Waals surface area contributed by atoms with Gasteiger partial charge in [0.05, 0.1) is 0 Å². The predicted molar refractivity (Wildman–Crippen MR) is 63.1 cm³/mol. The Labute approximate surface area is 105 Å². The van der Waals surface area contributed by atoms with E-state index in [9.17, 15) is 14.4 Å². The molecule has 0 radical (unpaired) electrons. The van der Waals surface area contributed by atoms with Gasteiger partial charge in [-0.2, -0.15) is 0 Å². The molecule has 6 nitrogen and oxygen atoms in total. The average Bonchev–Trinajstić information content (AvgIpc) is 2.31. The van der Waals surface area contributed by atoms with Crippen LogP contribution in [0.4, 0.5) is 0 Å². The molecule has 0 bridgehead atoms. The molecule has 0 fully saturated rings. The number of carbonyl (C=O) groups is 3. The van der Waals surface area contributed by atoms with E-state index >= 15 is 0 Å². The minimum atomic E-state index is -2.51. The highest BCUT2D eigenvalue weighted by molar-refractivity contribution is 6.04. The van der Waals surface area contributed by atoms with Crippen LogP contribution in [0.1, 0.15) is 39.0 Å². The van der Waals surface area contributed by atoms with Crippen LogP contribution in [-0.2, 0) is 19.1 Å². The summed E-state index contributed by atoms with van der Waals surface area (Å²) in [5.41, 5.74) is -2.51. The fraction of sp³-hybridized carbons (Fsp3) is 0.583. The van der Waals surface area contributed by atoms with Crippen LogP contribution in [0.5, 0.6) is 0 Å². The Hall–Kier alpha value is -1.85. The van der Waals surface area contributed by atoms with Crippen LogP contribution in [0, 0.1) is 0 Å². The van der Waals surface area contributed by atoms with Gasteiger partial charge in [0.15, 0.2) is 0 Å². The van der Waals surface area contributed by atoms with E-state index in [1.807, 2.05) is 6.92 Å². The second-order valence-electron chi connectivity index (χ2n) is 3.87. The van der Waals surface area contributed by atoms with Gasteiger partial charge in [-0.15, -0.1) is 0 Å². The molecule has 0 spiro atoms. The van der Waals surface area contributed by atoms with E-state index < -0.39 is 23.5 Å². The van der Waals surface area contributed by atoms with Gasteiger partial charge >= 0.3 is 23.5 Å². The van der Waals surface area contributed by atoms with E-state index in [2.05, 4.69) is 11.3 Å². The molecule has 0 aliphatic rings. The minimum Gasteiger partial charge on any atom is -0.478 e. The van der Waals surface area contributed by atoms with Crippen molar-refractivity contribution < 1.29 is 29.3 Å². The van der Waals surface area contributed by atoms with Gasteiger partial charge in [0.2, 0.25) is 0 Å². The number of carbonyl (C=O) groups excluding carboxylic acids is 1. The molecule has 2 N–H and O–H groups in total. The standard InChI is InChI=1S/C12H18O6/c1-3-5-6-7-8-12(10(14)15,11(16)17)18-9(13)4-2/h4H,2-3,5-8H2,1H3,(H,14,15)(H,16,17). The number of hydrogen-bond acceptors (Lipinski definition) is 4. The normalized spacial score (nSPS) is 10.7. The molecule has 0 saturated heterocycles. The third-order valence-electron chi connectivity index (χ3n) is 2.51. The van der Waals surface area contributed by atoms with Crippen molar-refractivity contribution >= 4 is 17.9 Å². The summed E-state index contributed by atoms with van der Waals surface area (Å²) >= 11 is 0. The molecule has 18 heavy (non-hydrogen) atoms. The number of carboxylic acid groups (broad SMARTS) is 2. The van der Waals surface area contributed by atoms with Crippen molar-refractivity contribution in [3.05, 3.63) is 12.7 Å². The third kappa shape index (κ3) is 4.20. The highest BCUT2D eigenvalue weighted by atomic mass is 16.6. The molecule has 0 unspecified atom stereocenters. The molecule has 0 aliphatic carbocycles. The molecule has 0 aromatic carbocycles. The Morgan fingerprint density at radius 1 is 1.17 bits per heavy atom. The van der Waals surface area contributed by atoms with Crippen molar-refractivity contribution in [2.75, 3.05) is 0 Å². The summed E-state index contributed by atoms with van der Waals surface area (Å²) in [6.07, 6.45) is 3.33. The summed E-state index contributed by atoms with van der Waals surface area (Å²) < 4.78 is 4.53. The quantitative estimate of drug-likeness (QED) is 0.282. The molecular formula is C12H18O6. The topological polar surface area (TPSA) is 101 Å². The van der Waals surface area contributed by atoms with E-state index in [0.29, 0.717) is 12.8 Å². The lowest BCUT2D eigenvalue weighted by Gasteiger charge is -2.24. The third-order valence-corrected chi connectivity index (χ3v) is 2.51. The summed E-state index contributed by atoms with van der Waals surface area (Å²) in [5.74, 6) is -4.42. The maximum absolute atomic E-state index is 11.1. The zero-order chi connectivity index (χ0) is 14.2. The van der Waals surface area contributed by atoms with Crippen molar-refractivity contribution in [3.8, 4) is 0 Å². The van der Waals surface area contributed by atoms with E-state index in [1.165, 1.54) is 0 Å². The van der Waals surface area contributed by atoms with Gasteiger partial charge in [-0.05, 0) is 6.42 Å². The average molecular weight is 258 g/mol. The molecule has 0 amide bonds. The summed E-state index contributed by atoms with van der Waals surface area (Å²) in [6.45, 7) is 5.08. The van der Waals surface area contributed by atoms with Crippen LogP contribution in [-0.4, -0.2) is 33.7 Å². The van der Waals surface area contributed by atoms with Crippen molar-refractivity contribution in [3.63, 3.8) is 0 Å². The first-order valence-electron chi connectivity index (χ1n) is 5.73. The number of carboxylic acids is 2. The van der Waals surface area contributed by atoms with Crippen LogP contribution in [0.15, 0.2) is 12.7 Å². The number of esters is 1. The van der Waals surface area contributed by atoms with Crippen molar-refractivity contribution in [2.24, 2.45) is 0 Å². The van der Waals surface area contributed by atoms with Crippen LogP contribution in [0.3, 0.4) is 0 Å². The monoisotopic (exact) mass is 258 g/mol. The summed E-state index contributed by atoms with van der Waals surface area (Å²) in [6, 6.07) is 0. The Morgan fingerprint density at radius 3 is 2.11 bits per heavy atom. The van der Waals surface area contributed by atoms with Crippen molar-refractivity contribution in [1.82, 2.24) is 0 Å². The molecule has 6 heteroatoms. The van der Waals surface area contributed by atoms with Gasteiger partial charge in [0, 0.05) is 12.5 Å². The molecule has 0 heterocycles. The van der Waals surface area contributed by atoms with E-state index in [0.717, 1.165) is 18.9 Å². The maximum atomic E-state index is 11.1. The van der Waals surface area contributed by atoms with Crippen LogP contribution < -0.4 is 0 Å². The lowest BCUT2D eigenvalue weighted by Crippen LogP contribution is -2.50. The van der Waals surface area contributed by atoms with Crippen molar-refractivity contribution in [1.29, 1.82) is 0 Å². The van der Waals surface area contributed by atoms with Gasteiger partial charge in [-0.3, -0.25) is 0 Å². The second-order valence-corrected chi connectivity index (χ2v) is 3.87. The van der Waals surface area contributed by atoms with Crippen LogP contribution in [0.25, 0.3) is 0 Å². The zero-order valence-electron chi connectivity index (χ0n) is 10.3. The second kappa shape index (κ2) is 7.47. The summed E-state index contributed by atoms with van der Waals surface area (Å²) in [5, 5.41) is 18.0. The van der Waals surface area contributed by atoms with Gasteiger partial charge in [0.1, 0.15) is 0 Å². The van der Waals surface area contributed by atoms with Gasteiger partial charge in [-0.1, -0.05) is 32.8 Å². The molecular weight excluding hydrogens is 240 g/mol. The van der Waals surface area contributed by atoms with E-state index in [4.69, 9.17) is 10.2 Å². The number of unbranched alkanes of at least 4 members (excludes halogenated alkanes) is 3. The first-order chi connectivity index (χ1) is 8.40. The maximum Gasteiger partial charge on any atom is 0.360 e. The Kier molecular flexibility index (Phi) is 6.70. The summed E-state index contributed by atoms with van der Waals surface area (Å²) in [4.78, 5) is 33.2. The predicted octanol–water partition coefficient (Wildman–Crippen LogP) is 1.59. The SMILES string of the molecule is C=CC(=O)OC(CCCCCC)(C(=O)O)C(=O)O. The Bertz CT molecular complexity index is 319. The Morgan fingerprint density at radius 2 is 1.72 bits per heavy atom. The molecule has 102 valence electrons. The highest BCUT2D eigenvalue weighted by Crippen LogP contribution is 2.22. The molecule has 0 aromatic heterocycles. The lowest BCUT2D eigenvalue weighted by molar-refractivity contribution is -0.189. The number of ether oxygens (including phenoxy) is 1. The first-order valence-corrected chi connectivity index (χ1v) is 5.73. The fourth-order valence-electron chi connectivity index (χ4n) is 1.46. The van der Waals surface area contributed by atoms with Gasteiger partial charge < -0.3 is 14.9 Å². The summed E-state index contributed by atoms with van der Waals surface area (Å²) in [7, 11) is 0. The van der Waals surface area contributed by atoms with Gasteiger partial charge in [0.25, 0.3) is 0 Å². The van der Waals surface area contributed by atoms with Gasteiger partial charge in [-0.25, -0.2) is 14.4 Å². The number of rotatable bonds is 9. The van der Waals surface area contributed by atoms with Crippen LogP contribution >= 0.6 is 0 Å².